The summed E-state index contributed by atoms with van der Waals surface area (Å²) >= 11 is 0. The number of hydrogen-bond acceptors (Lipinski definition) is 3. The lowest BCUT2D eigenvalue weighted by molar-refractivity contribution is 0.134. The Morgan fingerprint density at radius 1 is 1.43 bits per heavy atom. The van der Waals surface area contributed by atoms with Crippen LogP contribution in [0.15, 0.2) is 28.7 Å². The molecule has 0 radical (unpaired) electrons. The zero-order valence-corrected chi connectivity index (χ0v) is 6.86. The molecule has 14 heavy (non-hydrogen) atoms. The van der Waals surface area contributed by atoms with Crippen molar-refractivity contribution in [1.29, 1.82) is 0 Å². The number of carbonyl (C=O) groups is 1. The first-order valence-corrected chi connectivity index (χ1v) is 3.75. The minimum Gasteiger partial charge on any atom is -0.449 e. The number of hydrogen-bond donors (Lipinski definition) is 1. The zero-order valence-electron chi connectivity index (χ0n) is 6.86. The van der Waals surface area contributed by atoms with Crippen molar-refractivity contribution in [2.24, 2.45) is 0 Å². The lowest BCUT2D eigenvalue weighted by atomic mass is 10.2. The minimum absolute atomic E-state index is 0.168. The summed E-state index contributed by atoms with van der Waals surface area (Å²) in [7, 11) is 0. The maximum atomic E-state index is 12.7. The molecule has 0 unspecified atom stereocenters. The van der Waals surface area contributed by atoms with E-state index in [0.29, 0.717) is 11.0 Å². The molecule has 1 aromatic carbocycles. The van der Waals surface area contributed by atoms with Crippen LogP contribution < -0.4 is 4.74 Å². The second-order valence-electron chi connectivity index (χ2n) is 2.62. The molecule has 1 N–H and O–H groups in total. The van der Waals surface area contributed by atoms with E-state index in [0.717, 1.165) is 0 Å². The van der Waals surface area contributed by atoms with Crippen LogP contribution in [0.2, 0.25) is 0 Å². The Hall–Kier alpha value is -2.04. The van der Waals surface area contributed by atoms with Crippen LogP contribution in [0.3, 0.4) is 0 Å². The predicted molar refractivity (Wildman–Crippen MR) is 44.8 cm³/mol. The van der Waals surface area contributed by atoms with Gasteiger partial charge in [0.15, 0.2) is 0 Å². The highest BCUT2D eigenvalue weighted by molar-refractivity contribution is 5.79. The van der Waals surface area contributed by atoms with E-state index in [4.69, 9.17) is 9.52 Å². The Morgan fingerprint density at radius 2 is 2.21 bits per heavy atom. The van der Waals surface area contributed by atoms with Gasteiger partial charge < -0.3 is 14.3 Å². The van der Waals surface area contributed by atoms with E-state index >= 15 is 0 Å². The summed E-state index contributed by atoms with van der Waals surface area (Å²) in [5.41, 5.74) is 0.377. The second kappa shape index (κ2) is 3.02. The van der Waals surface area contributed by atoms with Crippen molar-refractivity contribution in [2.45, 2.75) is 0 Å². The predicted octanol–water partition coefficient (Wildman–Crippen LogP) is 2.63. The molecule has 0 bridgehead atoms. The van der Waals surface area contributed by atoms with Crippen molar-refractivity contribution in [2.75, 3.05) is 0 Å². The molecule has 0 spiro atoms. The highest BCUT2D eigenvalue weighted by atomic mass is 19.1. The Bertz CT molecular complexity index is 489. The SMILES string of the molecule is O=C(O)Oc1cc2cc(F)ccc2o1. The van der Waals surface area contributed by atoms with E-state index in [1.54, 1.807) is 0 Å². The summed E-state index contributed by atoms with van der Waals surface area (Å²) < 4.78 is 21.9. The van der Waals surface area contributed by atoms with Gasteiger partial charge >= 0.3 is 6.16 Å². The molecule has 0 aliphatic rings. The van der Waals surface area contributed by atoms with Crippen molar-refractivity contribution in [1.82, 2.24) is 0 Å². The average molecular weight is 196 g/mol. The van der Waals surface area contributed by atoms with E-state index in [1.165, 1.54) is 24.3 Å². The summed E-state index contributed by atoms with van der Waals surface area (Å²) in [6.07, 6.45) is -1.47. The average Bonchev–Trinajstić information content (AvgIpc) is 2.44. The summed E-state index contributed by atoms with van der Waals surface area (Å²) in [5, 5.41) is 8.75. The molecular weight excluding hydrogens is 191 g/mol. The number of rotatable bonds is 1. The zero-order chi connectivity index (χ0) is 10.1. The molecule has 2 rings (SSSR count). The molecule has 1 heterocycles. The Balaban J connectivity index is 2.46. The molecule has 0 amide bonds. The Kier molecular flexibility index (Phi) is 1.85. The highest BCUT2D eigenvalue weighted by Gasteiger charge is 2.08. The van der Waals surface area contributed by atoms with Gasteiger partial charge in [0.05, 0.1) is 0 Å². The first kappa shape index (κ1) is 8.55. The Morgan fingerprint density at radius 3 is 2.93 bits per heavy atom. The fraction of sp³-hybridized carbons (Fsp3) is 0. The first-order valence-electron chi connectivity index (χ1n) is 3.75. The van der Waals surface area contributed by atoms with E-state index in [1.807, 2.05) is 0 Å². The van der Waals surface area contributed by atoms with E-state index in [9.17, 15) is 9.18 Å². The highest BCUT2D eigenvalue weighted by Crippen LogP contribution is 2.25. The van der Waals surface area contributed by atoms with E-state index in [-0.39, 0.29) is 5.95 Å². The molecule has 5 heteroatoms. The summed E-state index contributed by atoms with van der Waals surface area (Å²) in [6.45, 7) is 0. The molecule has 2 aromatic rings. The Labute approximate surface area is 77.5 Å². The number of halogens is 1. The molecule has 0 atom stereocenters. The van der Waals surface area contributed by atoms with Gasteiger partial charge in [-0.2, -0.15) is 0 Å². The van der Waals surface area contributed by atoms with Crippen LogP contribution in [0.1, 0.15) is 0 Å². The maximum Gasteiger partial charge on any atom is 0.513 e. The molecule has 72 valence electrons. The van der Waals surface area contributed by atoms with Crippen molar-refractivity contribution in [3.8, 4) is 5.95 Å². The molecule has 0 saturated heterocycles. The smallest absolute Gasteiger partial charge is 0.449 e. The molecule has 1 aromatic heterocycles. The van der Waals surface area contributed by atoms with Crippen LogP contribution in [0.5, 0.6) is 5.95 Å². The van der Waals surface area contributed by atoms with Crippen LogP contribution in [-0.4, -0.2) is 11.3 Å². The van der Waals surface area contributed by atoms with Crippen LogP contribution in [0, 0.1) is 5.82 Å². The van der Waals surface area contributed by atoms with Gasteiger partial charge in [-0.15, -0.1) is 0 Å². The van der Waals surface area contributed by atoms with Gasteiger partial charge in [0.25, 0.3) is 5.95 Å². The first-order chi connectivity index (χ1) is 6.65. The van der Waals surface area contributed by atoms with Crippen molar-refractivity contribution in [3.05, 3.63) is 30.1 Å². The molecule has 0 aliphatic carbocycles. The third-order valence-corrected chi connectivity index (χ3v) is 1.64. The quantitative estimate of drug-likeness (QED) is 0.712. The lowest BCUT2D eigenvalue weighted by Crippen LogP contribution is -2.01. The van der Waals surface area contributed by atoms with Crippen molar-refractivity contribution < 1.29 is 23.4 Å². The second-order valence-corrected chi connectivity index (χ2v) is 2.62. The van der Waals surface area contributed by atoms with Crippen molar-refractivity contribution in [3.63, 3.8) is 0 Å². The summed E-state index contributed by atoms with van der Waals surface area (Å²) in [4.78, 5) is 10.2. The van der Waals surface area contributed by atoms with Gasteiger partial charge in [0, 0.05) is 11.5 Å². The molecule has 0 saturated carbocycles. The number of ether oxygens (including phenoxy) is 1. The normalized spacial score (nSPS) is 10.4. The fourth-order valence-corrected chi connectivity index (χ4v) is 1.13. The van der Waals surface area contributed by atoms with Crippen LogP contribution in [-0.2, 0) is 0 Å². The van der Waals surface area contributed by atoms with Crippen LogP contribution in [0.25, 0.3) is 11.0 Å². The van der Waals surface area contributed by atoms with Crippen molar-refractivity contribution >= 4 is 17.1 Å². The molecule has 4 nitrogen and oxygen atoms in total. The van der Waals surface area contributed by atoms with Gasteiger partial charge in [-0.3, -0.25) is 0 Å². The lowest BCUT2D eigenvalue weighted by Gasteiger charge is -1.90. The largest absolute Gasteiger partial charge is 0.513 e. The summed E-state index contributed by atoms with van der Waals surface area (Å²) in [6, 6.07) is 5.16. The summed E-state index contributed by atoms with van der Waals surface area (Å²) in [5.74, 6) is -0.585. The number of fused-ring (bicyclic) bond motifs is 1. The third-order valence-electron chi connectivity index (χ3n) is 1.64. The van der Waals surface area contributed by atoms with Crippen LogP contribution >= 0.6 is 0 Å². The van der Waals surface area contributed by atoms with Gasteiger partial charge in [-0.25, -0.2) is 9.18 Å². The van der Waals surface area contributed by atoms with E-state index < -0.39 is 12.0 Å². The maximum absolute atomic E-state index is 12.7. The molecular formula is C9H5FO4. The monoisotopic (exact) mass is 196 g/mol. The van der Waals surface area contributed by atoms with Gasteiger partial charge in [-0.05, 0) is 18.2 Å². The number of carboxylic acid groups (broad SMARTS) is 1. The van der Waals surface area contributed by atoms with Gasteiger partial charge in [-0.1, -0.05) is 0 Å². The topological polar surface area (TPSA) is 59.7 Å². The minimum atomic E-state index is -1.47. The van der Waals surface area contributed by atoms with E-state index in [2.05, 4.69) is 4.74 Å². The molecule has 0 aliphatic heterocycles. The van der Waals surface area contributed by atoms with Gasteiger partial charge in [0.2, 0.25) is 0 Å². The standard InChI is InChI=1S/C9H5FO4/c10-6-1-2-7-5(3-6)4-8(13-7)14-9(11)12/h1-4H,(H,11,12). The molecule has 0 fully saturated rings. The van der Waals surface area contributed by atoms with Crippen LogP contribution in [0.4, 0.5) is 9.18 Å². The number of benzene rings is 1. The number of furan rings is 1. The third kappa shape index (κ3) is 1.52. The van der Waals surface area contributed by atoms with Gasteiger partial charge in [0.1, 0.15) is 11.4 Å². The fourth-order valence-electron chi connectivity index (χ4n) is 1.13.